The second-order valence-electron chi connectivity index (χ2n) is 9.40. The van der Waals surface area contributed by atoms with Crippen LogP contribution in [0.1, 0.15) is 68.2 Å². The number of nitrogens with one attached hydrogen (secondary N) is 3. The lowest BCUT2D eigenvalue weighted by molar-refractivity contribution is -0.144. The first kappa shape index (κ1) is 28.8. The Morgan fingerprint density at radius 1 is 0.774 bits per heavy atom. The molecule has 0 aliphatic heterocycles. The Hall–Kier alpha value is -2.16. The number of carboxylic acid groups (broad SMARTS) is 1. The van der Waals surface area contributed by atoms with Gasteiger partial charge in [-0.2, -0.15) is 0 Å². The van der Waals surface area contributed by atoms with Crippen LogP contribution in [0.15, 0.2) is 0 Å². The summed E-state index contributed by atoms with van der Waals surface area (Å²) in [6.45, 7) is 14.6. The summed E-state index contributed by atoms with van der Waals surface area (Å²) in [6.07, 6.45) is 0.952. The van der Waals surface area contributed by atoms with E-state index in [1.54, 1.807) is 20.8 Å². The molecule has 0 aromatic heterocycles. The van der Waals surface area contributed by atoms with Crippen molar-refractivity contribution in [1.29, 1.82) is 0 Å². The summed E-state index contributed by atoms with van der Waals surface area (Å²) in [7, 11) is 0. The van der Waals surface area contributed by atoms with Crippen LogP contribution in [-0.4, -0.2) is 53.0 Å². The van der Waals surface area contributed by atoms with E-state index in [1.807, 2.05) is 34.6 Å². The number of rotatable bonds is 13. The smallest absolute Gasteiger partial charge is 0.326 e. The molecule has 0 saturated carbocycles. The first-order valence-corrected chi connectivity index (χ1v) is 11.1. The van der Waals surface area contributed by atoms with Crippen LogP contribution in [-0.2, 0) is 19.2 Å². The molecular weight excluding hydrogens is 400 g/mol. The summed E-state index contributed by atoms with van der Waals surface area (Å²) >= 11 is 0. The van der Waals surface area contributed by atoms with Crippen molar-refractivity contribution in [2.24, 2.45) is 29.4 Å². The minimum Gasteiger partial charge on any atom is -0.480 e. The maximum Gasteiger partial charge on any atom is 0.326 e. The zero-order chi connectivity index (χ0) is 24.5. The maximum atomic E-state index is 13.0. The number of amides is 3. The molecule has 0 fully saturated rings. The molecule has 0 aliphatic carbocycles. The molecule has 0 saturated heterocycles. The molecule has 6 N–H and O–H groups in total. The number of nitrogens with two attached hydrogens (primary N) is 1. The number of carbonyl (C=O) groups excluding carboxylic acids is 3. The molecule has 9 nitrogen and oxygen atoms in total. The molecule has 5 atom stereocenters. The van der Waals surface area contributed by atoms with E-state index in [0.717, 1.165) is 0 Å². The van der Waals surface area contributed by atoms with E-state index in [-0.39, 0.29) is 23.7 Å². The van der Waals surface area contributed by atoms with Gasteiger partial charge in [-0.15, -0.1) is 0 Å². The summed E-state index contributed by atoms with van der Waals surface area (Å²) in [5.41, 5.74) is 5.90. The summed E-state index contributed by atoms with van der Waals surface area (Å²) in [4.78, 5) is 49.8. The SMILES string of the molecule is CCC(C)C(NC(=O)C(NC(=O)C(CC(C)C)NC(=O)C(N)C(C)C)C(C)C)C(=O)O. The lowest BCUT2D eigenvalue weighted by atomic mass is 9.96. The Kier molecular flexibility index (Phi) is 12.4. The monoisotopic (exact) mass is 442 g/mol. The zero-order valence-corrected chi connectivity index (χ0v) is 20.2. The minimum absolute atomic E-state index is 0.0922. The van der Waals surface area contributed by atoms with Crippen LogP contribution in [0.4, 0.5) is 0 Å². The highest BCUT2D eigenvalue weighted by molar-refractivity contribution is 5.94. The van der Waals surface area contributed by atoms with Crippen LogP contribution >= 0.6 is 0 Å². The minimum atomic E-state index is -1.12. The van der Waals surface area contributed by atoms with E-state index in [4.69, 9.17) is 5.73 Å². The van der Waals surface area contributed by atoms with Crippen LogP contribution in [0, 0.1) is 23.7 Å². The van der Waals surface area contributed by atoms with Gasteiger partial charge in [0, 0.05) is 0 Å². The Bertz CT molecular complexity index is 621. The van der Waals surface area contributed by atoms with Gasteiger partial charge in [-0.05, 0) is 30.1 Å². The third kappa shape index (κ3) is 9.67. The van der Waals surface area contributed by atoms with Gasteiger partial charge in [-0.1, -0.05) is 61.8 Å². The second-order valence-corrected chi connectivity index (χ2v) is 9.40. The van der Waals surface area contributed by atoms with Crippen molar-refractivity contribution >= 4 is 23.7 Å². The van der Waals surface area contributed by atoms with Gasteiger partial charge in [-0.25, -0.2) is 4.79 Å². The molecule has 0 aromatic rings. The summed E-state index contributed by atoms with van der Waals surface area (Å²) in [5.74, 6) is -3.15. The van der Waals surface area contributed by atoms with Crippen molar-refractivity contribution < 1.29 is 24.3 Å². The number of carboxylic acids is 1. The van der Waals surface area contributed by atoms with E-state index in [2.05, 4.69) is 16.0 Å². The average Bonchev–Trinajstić information content (AvgIpc) is 2.66. The third-order valence-electron chi connectivity index (χ3n) is 5.38. The van der Waals surface area contributed by atoms with Gasteiger partial charge in [0.2, 0.25) is 17.7 Å². The van der Waals surface area contributed by atoms with E-state index in [1.165, 1.54) is 0 Å². The number of aliphatic carboxylic acids is 1. The summed E-state index contributed by atoms with van der Waals surface area (Å²) in [5, 5.41) is 17.4. The lowest BCUT2D eigenvalue weighted by Gasteiger charge is -2.29. The Balaban J connectivity index is 5.48. The van der Waals surface area contributed by atoms with Gasteiger partial charge in [0.05, 0.1) is 6.04 Å². The van der Waals surface area contributed by atoms with Crippen molar-refractivity contribution in [1.82, 2.24) is 16.0 Å². The van der Waals surface area contributed by atoms with Gasteiger partial charge in [0.15, 0.2) is 0 Å². The van der Waals surface area contributed by atoms with Crippen LogP contribution < -0.4 is 21.7 Å². The van der Waals surface area contributed by atoms with E-state index in [9.17, 15) is 24.3 Å². The number of hydrogen-bond donors (Lipinski definition) is 5. The van der Waals surface area contributed by atoms with Gasteiger partial charge in [0.1, 0.15) is 18.1 Å². The van der Waals surface area contributed by atoms with Gasteiger partial charge in [-0.3, -0.25) is 14.4 Å². The third-order valence-corrected chi connectivity index (χ3v) is 5.38. The lowest BCUT2D eigenvalue weighted by Crippen LogP contribution is -2.59. The van der Waals surface area contributed by atoms with Crippen LogP contribution in [0.5, 0.6) is 0 Å². The Labute approximate surface area is 186 Å². The van der Waals surface area contributed by atoms with Crippen molar-refractivity contribution in [2.75, 3.05) is 0 Å². The van der Waals surface area contributed by atoms with Gasteiger partial charge >= 0.3 is 5.97 Å². The highest BCUT2D eigenvalue weighted by Gasteiger charge is 2.33. The second kappa shape index (κ2) is 13.3. The fourth-order valence-corrected chi connectivity index (χ4v) is 2.99. The molecule has 0 spiro atoms. The molecule has 0 radical (unpaired) electrons. The van der Waals surface area contributed by atoms with Gasteiger partial charge < -0.3 is 26.8 Å². The van der Waals surface area contributed by atoms with Crippen LogP contribution in [0.2, 0.25) is 0 Å². The first-order valence-electron chi connectivity index (χ1n) is 11.1. The first-order chi connectivity index (χ1) is 14.2. The average molecular weight is 443 g/mol. The van der Waals surface area contributed by atoms with Crippen molar-refractivity contribution in [3.8, 4) is 0 Å². The molecule has 3 amide bonds. The quantitative estimate of drug-likeness (QED) is 0.290. The number of hydrogen-bond acceptors (Lipinski definition) is 5. The number of carbonyl (C=O) groups is 4. The van der Waals surface area contributed by atoms with Gasteiger partial charge in [0.25, 0.3) is 0 Å². The molecule has 0 aromatic carbocycles. The maximum absolute atomic E-state index is 13.0. The standard InChI is InChI=1S/C22H42N4O5/c1-9-14(8)18(22(30)31)26-21(29)17(13(6)7)25-19(27)15(10-11(2)3)24-20(28)16(23)12(4)5/h11-18H,9-10,23H2,1-8H3,(H,24,28)(H,25,27)(H,26,29)(H,30,31). The molecular formula is C22H42N4O5. The zero-order valence-electron chi connectivity index (χ0n) is 20.2. The normalized spacial score (nSPS) is 16.4. The fraction of sp³-hybridized carbons (Fsp3) is 0.818. The van der Waals surface area contributed by atoms with E-state index >= 15 is 0 Å². The van der Waals surface area contributed by atoms with E-state index in [0.29, 0.717) is 12.8 Å². The van der Waals surface area contributed by atoms with Crippen molar-refractivity contribution in [3.05, 3.63) is 0 Å². The van der Waals surface area contributed by atoms with E-state index < -0.39 is 47.9 Å². The Morgan fingerprint density at radius 3 is 1.68 bits per heavy atom. The largest absolute Gasteiger partial charge is 0.480 e. The Morgan fingerprint density at radius 2 is 1.29 bits per heavy atom. The fourth-order valence-electron chi connectivity index (χ4n) is 2.99. The predicted octanol–water partition coefficient (Wildman–Crippen LogP) is 1.26. The van der Waals surface area contributed by atoms with Crippen molar-refractivity contribution in [2.45, 2.75) is 92.4 Å². The molecule has 31 heavy (non-hydrogen) atoms. The molecule has 180 valence electrons. The molecule has 5 unspecified atom stereocenters. The summed E-state index contributed by atoms with van der Waals surface area (Å²) < 4.78 is 0. The topological polar surface area (TPSA) is 151 Å². The van der Waals surface area contributed by atoms with Crippen LogP contribution in [0.25, 0.3) is 0 Å². The molecule has 0 heterocycles. The predicted molar refractivity (Wildman–Crippen MR) is 120 cm³/mol. The molecule has 0 bridgehead atoms. The molecule has 9 heteroatoms. The van der Waals surface area contributed by atoms with Crippen molar-refractivity contribution in [3.63, 3.8) is 0 Å². The highest BCUT2D eigenvalue weighted by atomic mass is 16.4. The molecule has 0 aliphatic rings. The van der Waals surface area contributed by atoms with Crippen LogP contribution in [0.3, 0.4) is 0 Å². The summed E-state index contributed by atoms with van der Waals surface area (Å²) in [6, 6.07) is -3.59. The highest BCUT2D eigenvalue weighted by Crippen LogP contribution is 2.12. The molecule has 0 rings (SSSR count).